The molecule has 2 N–H and O–H groups in total. The van der Waals surface area contributed by atoms with Crippen LogP contribution in [0.15, 0.2) is 42.7 Å². The zero-order chi connectivity index (χ0) is 17.8. The number of piperidine rings is 1. The summed E-state index contributed by atoms with van der Waals surface area (Å²) in [6, 6.07) is 9.26. The molecule has 0 aliphatic carbocycles. The Kier molecular flexibility index (Phi) is 4.77. The van der Waals surface area contributed by atoms with Crippen molar-refractivity contribution in [3.05, 3.63) is 42.7 Å². The number of hydrogen-bond acceptors (Lipinski definition) is 5. The van der Waals surface area contributed by atoms with Gasteiger partial charge in [0.05, 0.1) is 0 Å². The highest BCUT2D eigenvalue weighted by atomic mass is 16.7. The highest BCUT2D eigenvalue weighted by Crippen LogP contribution is 2.34. The van der Waals surface area contributed by atoms with Crippen molar-refractivity contribution < 1.29 is 14.3 Å². The van der Waals surface area contributed by atoms with Crippen molar-refractivity contribution in [2.45, 2.75) is 12.8 Å². The minimum Gasteiger partial charge on any atom is -0.454 e. The van der Waals surface area contributed by atoms with Crippen LogP contribution in [-0.2, 0) is 0 Å². The Labute approximate surface area is 152 Å². The minimum absolute atomic E-state index is 0.194. The number of aromatic nitrogens is 1. The van der Waals surface area contributed by atoms with Crippen molar-refractivity contribution in [1.82, 2.24) is 10.3 Å². The Bertz CT molecular complexity index is 761. The average molecular weight is 354 g/mol. The predicted molar refractivity (Wildman–Crippen MR) is 98.8 cm³/mol. The number of pyridine rings is 1. The van der Waals surface area contributed by atoms with Crippen molar-refractivity contribution in [2.75, 3.05) is 36.6 Å². The van der Waals surface area contributed by atoms with Gasteiger partial charge >= 0.3 is 6.03 Å². The van der Waals surface area contributed by atoms with Crippen LogP contribution in [0.5, 0.6) is 11.5 Å². The predicted octanol–water partition coefficient (Wildman–Crippen LogP) is 2.85. The third-order valence-electron chi connectivity index (χ3n) is 4.82. The highest BCUT2D eigenvalue weighted by molar-refractivity contribution is 5.89. The van der Waals surface area contributed by atoms with Crippen molar-refractivity contribution in [2.24, 2.45) is 5.92 Å². The molecule has 0 spiro atoms. The molecular weight excluding hydrogens is 332 g/mol. The Balaban J connectivity index is 1.22. The molecule has 0 saturated carbocycles. The van der Waals surface area contributed by atoms with Gasteiger partial charge in [-0.15, -0.1) is 0 Å². The van der Waals surface area contributed by atoms with E-state index in [1.165, 1.54) is 5.69 Å². The lowest BCUT2D eigenvalue weighted by atomic mass is 9.96. The molecule has 1 aromatic carbocycles. The van der Waals surface area contributed by atoms with Gasteiger partial charge in [0.2, 0.25) is 6.79 Å². The van der Waals surface area contributed by atoms with Gasteiger partial charge in [0, 0.05) is 49.5 Å². The summed E-state index contributed by atoms with van der Waals surface area (Å²) in [4.78, 5) is 18.6. The van der Waals surface area contributed by atoms with E-state index in [4.69, 9.17) is 9.47 Å². The van der Waals surface area contributed by atoms with Gasteiger partial charge in [-0.25, -0.2) is 4.79 Å². The maximum absolute atomic E-state index is 12.1. The summed E-state index contributed by atoms with van der Waals surface area (Å²) in [6.45, 7) is 2.91. The lowest BCUT2D eigenvalue weighted by Crippen LogP contribution is -2.39. The molecule has 2 aliphatic heterocycles. The second-order valence-corrected chi connectivity index (χ2v) is 6.54. The maximum atomic E-state index is 12.1. The molecule has 7 heteroatoms. The number of anilines is 2. The summed E-state index contributed by atoms with van der Waals surface area (Å²) in [7, 11) is 0. The van der Waals surface area contributed by atoms with E-state index in [1.54, 1.807) is 18.2 Å². The van der Waals surface area contributed by atoms with E-state index >= 15 is 0 Å². The number of ether oxygens (including phenoxy) is 2. The monoisotopic (exact) mass is 354 g/mol. The van der Waals surface area contributed by atoms with Gasteiger partial charge < -0.3 is 25.0 Å². The molecule has 136 valence electrons. The van der Waals surface area contributed by atoms with Crippen LogP contribution in [0.3, 0.4) is 0 Å². The molecule has 2 aromatic rings. The number of nitrogens with one attached hydrogen (secondary N) is 2. The summed E-state index contributed by atoms with van der Waals surface area (Å²) in [5.41, 5.74) is 1.91. The first-order chi connectivity index (χ1) is 12.8. The quantitative estimate of drug-likeness (QED) is 0.883. The third kappa shape index (κ3) is 3.82. The van der Waals surface area contributed by atoms with Crippen LogP contribution >= 0.6 is 0 Å². The number of nitrogens with zero attached hydrogens (tertiary/aromatic N) is 2. The van der Waals surface area contributed by atoms with E-state index in [-0.39, 0.29) is 12.8 Å². The number of amides is 2. The molecule has 1 aromatic heterocycles. The van der Waals surface area contributed by atoms with Gasteiger partial charge in [0.25, 0.3) is 0 Å². The number of rotatable bonds is 4. The van der Waals surface area contributed by atoms with Gasteiger partial charge in [-0.05, 0) is 43.0 Å². The Hall–Kier alpha value is -2.96. The van der Waals surface area contributed by atoms with Crippen LogP contribution in [0.1, 0.15) is 12.8 Å². The van der Waals surface area contributed by atoms with E-state index in [2.05, 4.69) is 20.5 Å². The Morgan fingerprint density at radius 1 is 1.12 bits per heavy atom. The molecule has 7 nitrogen and oxygen atoms in total. The van der Waals surface area contributed by atoms with Gasteiger partial charge in [0.1, 0.15) is 0 Å². The smallest absolute Gasteiger partial charge is 0.319 e. The van der Waals surface area contributed by atoms with Crippen LogP contribution in [0.2, 0.25) is 0 Å². The first-order valence-electron chi connectivity index (χ1n) is 8.87. The minimum atomic E-state index is -0.194. The number of carbonyl (C=O) groups excluding carboxylic acids is 1. The first kappa shape index (κ1) is 16.5. The van der Waals surface area contributed by atoms with Gasteiger partial charge in [-0.1, -0.05) is 0 Å². The fourth-order valence-corrected chi connectivity index (χ4v) is 3.34. The molecule has 3 heterocycles. The van der Waals surface area contributed by atoms with Crippen molar-refractivity contribution in [3.63, 3.8) is 0 Å². The fourth-order valence-electron chi connectivity index (χ4n) is 3.34. The van der Waals surface area contributed by atoms with E-state index in [1.807, 2.05) is 24.5 Å². The van der Waals surface area contributed by atoms with E-state index in [0.29, 0.717) is 29.6 Å². The van der Waals surface area contributed by atoms with Gasteiger partial charge in [-0.3, -0.25) is 4.98 Å². The molecule has 4 rings (SSSR count). The Morgan fingerprint density at radius 3 is 2.69 bits per heavy atom. The number of fused-ring (bicyclic) bond motifs is 1. The molecule has 2 aliphatic rings. The zero-order valence-electron chi connectivity index (χ0n) is 14.5. The van der Waals surface area contributed by atoms with E-state index in [0.717, 1.165) is 25.9 Å². The van der Waals surface area contributed by atoms with Crippen LogP contribution in [0.4, 0.5) is 16.2 Å². The summed E-state index contributed by atoms with van der Waals surface area (Å²) >= 11 is 0. The van der Waals surface area contributed by atoms with Crippen molar-refractivity contribution in [1.29, 1.82) is 0 Å². The third-order valence-corrected chi connectivity index (χ3v) is 4.82. The summed E-state index contributed by atoms with van der Waals surface area (Å²) in [5, 5.41) is 5.82. The van der Waals surface area contributed by atoms with Crippen LogP contribution in [0.25, 0.3) is 0 Å². The van der Waals surface area contributed by atoms with E-state index in [9.17, 15) is 4.79 Å². The number of urea groups is 1. The normalized spacial score (nSPS) is 16.4. The summed E-state index contributed by atoms with van der Waals surface area (Å²) in [6.07, 6.45) is 5.77. The standard InChI is InChI=1S/C19H22N4O3/c24-19(22-15-1-2-17-18(11-15)26-13-25-17)21-12-14-5-9-23(10-6-14)16-3-7-20-8-4-16/h1-4,7-8,11,14H,5-6,9-10,12-13H2,(H2,21,22,24). The number of benzene rings is 1. The second kappa shape index (κ2) is 7.51. The molecular formula is C19H22N4O3. The highest BCUT2D eigenvalue weighted by Gasteiger charge is 2.20. The van der Waals surface area contributed by atoms with Crippen molar-refractivity contribution >= 4 is 17.4 Å². The molecule has 0 bridgehead atoms. The summed E-state index contributed by atoms with van der Waals surface area (Å²) < 4.78 is 10.6. The molecule has 0 radical (unpaired) electrons. The first-order valence-corrected chi connectivity index (χ1v) is 8.87. The van der Waals surface area contributed by atoms with Gasteiger partial charge in [0.15, 0.2) is 11.5 Å². The van der Waals surface area contributed by atoms with Crippen LogP contribution in [-0.4, -0.2) is 37.4 Å². The van der Waals surface area contributed by atoms with Gasteiger partial charge in [-0.2, -0.15) is 0 Å². The Morgan fingerprint density at radius 2 is 1.88 bits per heavy atom. The number of carbonyl (C=O) groups is 1. The van der Waals surface area contributed by atoms with Crippen LogP contribution < -0.4 is 25.0 Å². The lowest BCUT2D eigenvalue weighted by molar-refractivity contribution is 0.174. The maximum Gasteiger partial charge on any atom is 0.319 e. The molecule has 0 unspecified atom stereocenters. The molecule has 1 fully saturated rings. The largest absolute Gasteiger partial charge is 0.454 e. The SMILES string of the molecule is O=C(NCC1CCN(c2ccncc2)CC1)Nc1ccc2c(c1)OCO2. The molecule has 1 saturated heterocycles. The molecule has 2 amide bonds. The van der Waals surface area contributed by atoms with Crippen LogP contribution in [0, 0.1) is 5.92 Å². The molecule has 26 heavy (non-hydrogen) atoms. The topological polar surface area (TPSA) is 75.7 Å². The lowest BCUT2D eigenvalue weighted by Gasteiger charge is -2.33. The molecule has 0 atom stereocenters. The van der Waals surface area contributed by atoms with Crippen molar-refractivity contribution in [3.8, 4) is 11.5 Å². The average Bonchev–Trinajstić information content (AvgIpc) is 3.15. The number of hydrogen-bond donors (Lipinski definition) is 2. The van der Waals surface area contributed by atoms with E-state index < -0.39 is 0 Å². The second-order valence-electron chi connectivity index (χ2n) is 6.54. The fraction of sp³-hybridized carbons (Fsp3) is 0.368. The summed E-state index contributed by atoms with van der Waals surface area (Å²) in [5.74, 6) is 1.86. The zero-order valence-corrected chi connectivity index (χ0v) is 14.5.